The van der Waals surface area contributed by atoms with Crippen molar-refractivity contribution < 1.29 is 17.6 Å². The van der Waals surface area contributed by atoms with E-state index >= 15 is 0 Å². The molecule has 3 aromatic carbocycles. The van der Waals surface area contributed by atoms with E-state index in [1.165, 1.54) is 16.4 Å². The first kappa shape index (κ1) is 28.5. The number of amides is 2. The Bertz CT molecular complexity index is 1380. The van der Waals surface area contributed by atoms with Gasteiger partial charge in [-0.3, -0.25) is 0 Å². The summed E-state index contributed by atoms with van der Waals surface area (Å²) in [5, 5.41) is 5.95. The number of nitrogens with one attached hydrogen (secondary N) is 2. The van der Waals surface area contributed by atoms with Gasteiger partial charge in [-0.15, -0.1) is 0 Å². The molecule has 1 aliphatic rings. The van der Waals surface area contributed by atoms with Gasteiger partial charge in [0.2, 0.25) is 10.0 Å². The lowest BCUT2D eigenvalue weighted by atomic mass is 9.98. The summed E-state index contributed by atoms with van der Waals surface area (Å²) in [4.78, 5) is 15.3. The molecule has 3 aromatic rings. The highest BCUT2D eigenvalue weighted by atomic mass is 79.9. The molecule has 0 radical (unpaired) electrons. The summed E-state index contributed by atoms with van der Waals surface area (Å²) in [6, 6.07) is 17.3. The number of hydrogen-bond acceptors (Lipinski definition) is 4. The normalized spacial score (nSPS) is 15.7. The fourth-order valence-electron chi connectivity index (χ4n) is 4.38. The third-order valence-electron chi connectivity index (χ3n) is 6.55. The van der Waals surface area contributed by atoms with E-state index in [0.29, 0.717) is 37.3 Å². The minimum atomic E-state index is -3.71. The molecule has 2 amide bonds. The summed E-state index contributed by atoms with van der Waals surface area (Å²) in [5.74, 6) is -0.459. The number of likely N-dealkylation sites (N-methyl/N-ethyl adjacent to an activating group) is 1. The largest absolute Gasteiger partial charge is 0.334 e. The average Bonchev–Trinajstić information content (AvgIpc) is 2.90. The Labute approximate surface area is 236 Å². The first-order chi connectivity index (χ1) is 18.2. The van der Waals surface area contributed by atoms with Crippen LogP contribution in [0.25, 0.3) is 0 Å². The van der Waals surface area contributed by atoms with Crippen molar-refractivity contribution in [2.75, 3.05) is 33.2 Å². The summed E-state index contributed by atoms with van der Waals surface area (Å²) < 4.78 is 43.5. The number of urea groups is 1. The lowest BCUT2D eigenvalue weighted by molar-refractivity contribution is 0.222. The highest BCUT2D eigenvalue weighted by Crippen LogP contribution is 2.30. The number of benzene rings is 3. The van der Waals surface area contributed by atoms with Crippen molar-refractivity contribution in [2.24, 2.45) is 0 Å². The topological polar surface area (TPSA) is 81.8 Å². The van der Waals surface area contributed by atoms with E-state index in [9.17, 15) is 17.6 Å². The molecule has 0 aromatic heterocycles. The summed E-state index contributed by atoms with van der Waals surface area (Å²) in [5.41, 5.74) is 1.52. The van der Waals surface area contributed by atoms with Gasteiger partial charge in [0.1, 0.15) is 5.82 Å². The van der Waals surface area contributed by atoms with Gasteiger partial charge in [0.15, 0.2) is 0 Å². The molecular weight excluding hydrogens is 595 g/mol. The van der Waals surface area contributed by atoms with Gasteiger partial charge in [0.25, 0.3) is 0 Å². The first-order valence-electron chi connectivity index (χ1n) is 12.1. The summed E-state index contributed by atoms with van der Waals surface area (Å²) in [6.45, 7) is 2.13. The van der Waals surface area contributed by atoms with Gasteiger partial charge >= 0.3 is 6.03 Å². The van der Waals surface area contributed by atoms with Crippen molar-refractivity contribution >= 4 is 43.6 Å². The fourth-order valence-corrected chi connectivity index (χ4v) is 6.83. The molecule has 38 heavy (non-hydrogen) atoms. The third kappa shape index (κ3) is 6.73. The number of carbonyl (C=O) groups excluding carboxylic acids is 1. The smallest absolute Gasteiger partial charge is 0.315 e. The van der Waals surface area contributed by atoms with Gasteiger partial charge in [-0.25, -0.2) is 17.6 Å². The lowest BCUT2D eigenvalue weighted by Crippen LogP contribution is -2.47. The Morgan fingerprint density at radius 2 is 1.71 bits per heavy atom. The van der Waals surface area contributed by atoms with Crippen molar-refractivity contribution in [1.82, 2.24) is 19.8 Å². The predicted octanol–water partition coefficient (Wildman–Crippen LogP) is 4.96. The number of hydrogen-bond donors (Lipinski definition) is 2. The Balaban J connectivity index is 1.51. The van der Waals surface area contributed by atoms with Crippen molar-refractivity contribution in [3.8, 4) is 0 Å². The molecule has 1 heterocycles. The molecule has 202 valence electrons. The molecule has 11 heteroatoms. The van der Waals surface area contributed by atoms with Crippen molar-refractivity contribution in [1.29, 1.82) is 0 Å². The van der Waals surface area contributed by atoms with E-state index in [0.717, 1.165) is 10.0 Å². The molecule has 0 aliphatic carbocycles. The van der Waals surface area contributed by atoms with Crippen LogP contribution in [0.5, 0.6) is 0 Å². The van der Waals surface area contributed by atoms with Crippen LogP contribution in [0.15, 0.2) is 76.1 Å². The minimum Gasteiger partial charge on any atom is -0.334 e. The number of rotatable bonds is 8. The summed E-state index contributed by atoms with van der Waals surface area (Å²) in [7, 11) is -1.75. The van der Waals surface area contributed by atoms with Crippen LogP contribution in [0.4, 0.5) is 9.18 Å². The van der Waals surface area contributed by atoms with E-state index in [4.69, 9.17) is 11.6 Å². The second-order valence-corrected chi connectivity index (χ2v) is 12.3. The zero-order chi connectivity index (χ0) is 27.3. The van der Waals surface area contributed by atoms with Gasteiger partial charge in [-0.2, -0.15) is 4.31 Å². The number of carbonyl (C=O) groups is 1. The van der Waals surface area contributed by atoms with E-state index in [-0.39, 0.29) is 22.9 Å². The second-order valence-electron chi connectivity index (χ2n) is 9.12. The molecule has 7 nitrogen and oxygen atoms in total. The van der Waals surface area contributed by atoms with Gasteiger partial charge < -0.3 is 15.5 Å². The van der Waals surface area contributed by atoms with Crippen LogP contribution in [0.3, 0.4) is 0 Å². The maximum absolute atomic E-state index is 14.6. The molecule has 1 aliphatic heterocycles. The van der Waals surface area contributed by atoms with Crippen molar-refractivity contribution in [2.45, 2.75) is 23.9 Å². The molecule has 1 saturated heterocycles. The number of sulfonamides is 1. The zero-order valence-electron chi connectivity index (χ0n) is 20.8. The molecular formula is C27H29BrClFN4O3S. The van der Waals surface area contributed by atoms with Gasteiger partial charge in [-0.05, 0) is 42.4 Å². The molecule has 2 N–H and O–H groups in total. The van der Waals surface area contributed by atoms with Gasteiger partial charge in [-0.1, -0.05) is 70.0 Å². The van der Waals surface area contributed by atoms with E-state index in [1.54, 1.807) is 30.3 Å². The molecule has 0 bridgehead atoms. The Morgan fingerprint density at radius 1 is 1.03 bits per heavy atom. The van der Waals surface area contributed by atoms with Crippen LogP contribution in [-0.2, 0) is 23.0 Å². The zero-order valence-corrected chi connectivity index (χ0v) is 24.0. The van der Waals surface area contributed by atoms with Crippen LogP contribution < -0.4 is 10.6 Å². The van der Waals surface area contributed by atoms with Crippen LogP contribution in [-0.4, -0.2) is 56.9 Å². The molecule has 1 atom stereocenters. The SMILES string of the molecule is CN1CCN(S(=O)(=O)c2ccccc2CNC(=O)NC(Cc2c(F)cccc2Cl)c2ccccc2Br)CC1. The molecule has 4 rings (SSSR count). The standard InChI is InChI=1S/C27H29BrClFN4O3S/c1-33-13-15-34(16-14-33)38(36,37)26-12-5-2-7-19(26)18-31-27(35)32-25(20-8-3-4-9-22(20)28)17-21-23(29)10-6-11-24(21)30/h2-12,25H,13-18H2,1H3,(H2,31,32,35). The third-order valence-corrected chi connectivity index (χ3v) is 9.62. The number of nitrogens with zero attached hydrogens (tertiary/aromatic N) is 2. The van der Waals surface area contributed by atoms with Crippen molar-refractivity contribution in [3.05, 3.63) is 98.7 Å². The van der Waals surface area contributed by atoms with Gasteiger partial charge in [0.05, 0.1) is 10.9 Å². The lowest BCUT2D eigenvalue weighted by Gasteiger charge is -2.32. The average molecular weight is 624 g/mol. The predicted molar refractivity (Wildman–Crippen MR) is 150 cm³/mol. The van der Waals surface area contributed by atoms with E-state index in [1.807, 2.05) is 31.3 Å². The first-order valence-corrected chi connectivity index (χ1v) is 14.8. The number of halogens is 3. The summed E-state index contributed by atoms with van der Waals surface area (Å²) >= 11 is 9.78. The Kier molecular flexibility index (Phi) is 9.43. The van der Waals surface area contributed by atoms with Crippen LogP contribution in [0.1, 0.15) is 22.7 Å². The van der Waals surface area contributed by atoms with E-state index in [2.05, 4.69) is 31.5 Å². The van der Waals surface area contributed by atoms with Crippen LogP contribution in [0, 0.1) is 5.82 Å². The highest BCUT2D eigenvalue weighted by Gasteiger charge is 2.29. The minimum absolute atomic E-state index is 0.00187. The van der Waals surface area contributed by atoms with Gasteiger partial charge in [0, 0.05) is 54.2 Å². The quantitative estimate of drug-likeness (QED) is 0.372. The Morgan fingerprint density at radius 3 is 2.42 bits per heavy atom. The van der Waals surface area contributed by atoms with Crippen LogP contribution in [0.2, 0.25) is 5.02 Å². The second kappa shape index (κ2) is 12.6. The molecule has 1 unspecified atom stereocenters. The van der Waals surface area contributed by atoms with E-state index < -0.39 is 27.9 Å². The molecule has 0 spiro atoms. The monoisotopic (exact) mass is 622 g/mol. The van der Waals surface area contributed by atoms with Crippen molar-refractivity contribution in [3.63, 3.8) is 0 Å². The number of piperazine rings is 1. The fraction of sp³-hybridized carbons (Fsp3) is 0.296. The summed E-state index contributed by atoms with van der Waals surface area (Å²) in [6.07, 6.45) is 0.121. The maximum atomic E-state index is 14.6. The van der Waals surface area contributed by atoms with Crippen LogP contribution >= 0.6 is 27.5 Å². The maximum Gasteiger partial charge on any atom is 0.315 e. The highest BCUT2D eigenvalue weighted by molar-refractivity contribution is 9.10. The Hall–Kier alpha value is -2.50. The molecule has 0 saturated carbocycles. The molecule has 1 fully saturated rings.